The Morgan fingerprint density at radius 2 is 1.83 bits per heavy atom. The summed E-state index contributed by atoms with van der Waals surface area (Å²) in [5.74, 6) is 0.734. The average Bonchev–Trinajstić information content (AvgIpc) is 2.58. The van der Waals surface area contributed by atoms with Gasteiger partial charge in [-0.1, -0.05) is 24.3 Å². The van der Waals surface area contributed by atoms with Gasteiger partial charge in [0.2, 0.25) is 6.10 Å². The van der Waals surface area contributed by atoms with E-state index in [0.717, 1.165) is 5.56 Å². The number of rotatable bonds is 4. The van der Waals surface area contributed by atoms with Crippen molar-refractivity contribution >= 4 is 5.91 Å². The minimum absolute atomic E-state index is 0.163. The van der Waals surface area contributed by atoms with Gasteiger partial charge in [0.15, 0.2) is 11.5 Å². The van der Waals surface area contributed by atoms with E-state index >= 15 is 0 Å². The fraction of sp³-hybridized carbons (Fsp3) is 0.316. The van der Waals surface area contributed by atoms with Gasteiger partial charge in [-0.05, 0) is 43.7 Å². The number of hydrogen-bond donors (Lipinski definition) is 0. The minimum atomic E-state index is -0.714. The van der Waals surface area contributed by atoms with Crippen LogP contribution in [0.15, 0.2) is 48.5 Å². The number of nitrogens with zero attached hydrogens (tertiary/aromatic N) is 1. The van der Waals surface area contributed by atoms with Gasteiger partial charge in [0.1, 0.15) is 11.9 Å². The van der Waals surface area contributed by atoms with Crippen LogP contribution in [0.4, 0.5) is 4.39 Å². The molecule has 0 N–H and O–H groups in total. The van der Waals surface area contributed by atoms with Gasteiger partial charge in [-0.15, -0.1) is 0 Å². The van der Waals surface area contributed by atoms with E-state index in [1.807, 2.05) is 32.0 Å². The molecule has 0 aliphatic carbocycles. The van der Waals surface area contributed by atoms with Crippen molar-refractivity contribution in [2.45, 2.75) is 32.6 Å². The van der Waals surface area contributed by atoms with Crippen LogP contribution in [0.25, 0.3) is 0 Å². The summed E-state index contributed by atoms with van der Waals surface area (Å²) in [6.45, 7) is 4.54. The molecule has 126 valence electrons. The molecule has 0 fully saturated rings. The lowest BCUT2D eigenvalue weighted by Gasteiger charge is -2.34. The van der Waals surface area contributed by atoms with Gasteiger partial charge in [0.05, 0.1) is 0 Å². The van der Waals surface area contributed by atoms with Crippen molar-refractivity contribution in [1.29, 1.82) is 0 Å². The number of ether oxygens (including phenoxy) is 2. The van der Waals surface area contributed by atoms with Crippen molar-refractivity contribution in [1.82, 2.24) is 4.90 Å². The van der Waals surface area contributed by atoms with Crippen LogP contribution in [0.1, 0.15) is 19.4 Å². The summed E-state index contributed by atoms with van der Waals surface area (Å²) in [6.07, 6.45) is -1.11. The Morgan fingerprint density at radius 3 is 2.50 bits per heavy atom. The Bertz CT molecular complexity index is 734. The highest BCUT2D eigenvalue weighted by molar-refractivity contribution is 5.82. The summed E-state index contributed by atoms with van der Waals surface area (Å²) in [7, 11) is 0. The maximum Gasteiger partial charge on any atom is 0.267 e. The van der Waals surface area contributed by atoms with Crippen LogP contribution in [0.3, 0.4) is 0 Å². The molecule has 2 aromatic carbocycles. The molecule has 1 aliphatic rings. The Balaban J connectivity index is 1.76. The van der Waals surface area contributed by atoms with E-state index in [1.54, 1.807) is 23.1 Å². The molecule has 0 saturated carbocycles. The normalized spacial score (nSPS) is 19.0. The van der Waals surface area contributed by atoms with Crippen LogP contribution in [0.2, 0.25) is 0 Å². The zero-order valence-corrected chi connectivity index (χ0v) is 13.7. The van der Waals surface area contributed by atoms with Gasteiger partial charge in [-0.2, -0.15) is 0 Å². The second-order valence-electron chi connectivity index (χ2n) is 5.79. The predicted molar refractivity (Wildman–Crippen MR) is 88.4 cm³/mol. The molecule has 4 nitrogen and oxygen atoms in total. The van der Waals surface area contributed by atoms with Crippen LogP contribution in [0.5, 0.6) is 11.5 Å². The second kappa shape index (κ2) is 6.91. The third-order valence-electron chi connectivity index (χ3n) is 4.04. The lowest BCUT2D eigenvalue weighted by Crippen LogP contribution is -2.50. The van der Waals surface area contributed by atoms with E-state index in [0.29, 0.717) is 24.6 Å². The highest BCUT2D eigenvalue weighted by Crippen LogP contribution is 2.34. The van der Waals surface area contributed by atoms with E-state index in [-0.39, 0.29) is 11.7 Å². The third kappa shape index (κ3) is 3.35. The van der Waals surface area contributed by atoms with Gasteiger partial charge in [-0.3, -0.25) is 4.79 Å². The molecule has 0 radical (unpaired) electrons. The first-order chi connectivity index (χ1) is 11.6. The maximum absolute atomic E-state index is 13.4. The number of fused-ring (bicyclic) bond motifs is 1. The van der Waals surface area contributed by atoms with Crippen LogP contribution in [-0.4, -0.2) is 29.6 Å². The monoisotopic (exact) mass is 329 g/mol. The van der Waals surface area contributed by atoms with E-state index in [9.17, 15) is 9.18 Å². The van der Waals surface area contributed by atoms with Crippen molar-refractivity contribution in [3.05, 3.63) is 59.9 Å². The number of halogens is 1. The number of amides is 1. The summed E-state index contributed by atoms with van der Waals surface area (Å²) in [5, 5.41) is 0. The number of para-hydroxylation sites is 2. The van der Waals surface area contributed by atoms with Gasteiger partial charge in [0, 0.05) is 13.1 Å². The molecule has 3 rings (SSSR count). The SMILES string of the molecule is CCN(Cc1cccc(F)c1)C(=O)[C@@H]1Oc2ccccc2O[C@@H]1C. The first-order valence-electron chi connectivity index (χ1n) is 8.04. The number of carbonyl (C=O) groups excluding carboxylic acids is 1. The molecular formula is C19H20FNO3. The summed E-state index contributed by atoms with van der Waals surface area (Å²) >= 11 is 0. The molecule has 1 amide bonds. The molecular weight excluding hydrogens is 309 g/mol. The highest BCUT2D eigenvalue weighted by atomic mass is 19.1. The molecule has 2 atom stereocenters. The lowest BCUT2D eigenvalue weighted by atomic mass is 10.1. The van der Waals surface area contributed by atoms with Crippen molar-refractivity contribution in [2.75, 3.05) is 6.54 Å². The number of benzene rings is 2. The van der Waals surface area contributed by atoms with E-state index < -0.39 is 12.2 Å². The third-order valence-corrected chi connectivity index (χ3v) is 4.04. The maximum atomic E-state index is 13.4. The average molecular weight is 329 g/mol. The Labute approximate surface area is 140 Å². The molecule has 0 saturated heterocycles. The molecule has 24 heavy (non-hydrogen) atoms. The van der Waals surface area contributed by atoms with Crippen molar-refractivity contribution < 1.29 is 18.7 Å². The summed E-state index contributed by atoms with van der Waals surface area (Å²) in [5.41, 5.74) is 0.745. The quantitative estimate of drug-likeness (QED) is 0.863. The van der Waals surface area contributed by atoms with Gasteiger partial charge in [-0.25, -0.2) is 4.39 Å². The second-order valence-corrected chi connectivity index (χ2v) is 5.79. The highest BCUT2D eigenvalue weighted by Gasteiger charge is 2.36. The Morgan fingerprint density at radius 1 is 1.12 bits per heavy atom. The number of hydrogen-bond acceptors (Lipinski definition) is 3. The van der Waals surface area contributed by atoms with Crippen molar-refractivity contribution in [3.8, 4) is 11.5 Å². The van der Waals surface area contributed by atoms with Gasteiger partial charge >= 0.3 is 0 Å². The molecule has 1 heterocycles. The van der Waals surface area contributed by atoms with Gasteiger partial charge in [0.25, 0.3) is 5.91 Å². The number of carbonyl (C=O) groups is 1. The smallest absolute Gasteiger partial charge is 0.267 e. The summed E-state index contributed by atoms with van der Waals surface area (Å²) in [6, 6.07) is 13.6. The van der Waals surface area contributed by atoms with Crippen LogP contribution >= 0.6 is 0 Å². The predicted octanol–water partition coefficient (Wildman–Crippen LogP) is 3.40. The Kier molecular flexibility index (Phi) is 4.69. The Hall–Kier alpha value is -2.56. The molecule has 5 heteroatoms. The first kappa shape index (κ1) is 16.3. The molecule has 0 spiro atoms. The van der Waals surface area contributed by atoms with Crippen LogP contribution in [0, 0.1) is 5.82 Å². The zero-order valence-electron chi connectivity index (χ0n) is 13.7. The largest absolute Gasteiger partial charge is 0.482 e. The van der Waals surface area contributed by atoms with Gasteiger partial charge < -0.3 is 14.4 Å². The van der Waals surface area contributed by atoms with Crippen molar-refractivity contribution in [3.63, 3.8) is 0 Å². The minimum Gasteiger partial charge on any atom is -0.482 e. The van der Waals surface area contributed by atoms with Crippen LogP contribution in [-0.2, 0) is 11.3 Å². The summed E-state index contributed by atoms with van der Waals surface area (Å²) in [4.78, 5) is 14.5. The fourth-order valence-electron chi connectivity index (χ4n) is 2.77. The topological polar surface area (TPSA) is 38.8 Å². The molecule has 0 unspecified atom stereocenters. The first-order valence-corrected chi connectivity index (χ1v) is 8.04. The number of likely N-dealkylation sites (N-methyl/N-ethyl adjacent to an activating group) is 1. The van der Waals surface area contributed by atoms with Crippen LogP contribution < -0.4 is 9.47 Å². The van der Waals surface area contributed by atoms with E-state index in [1.165, 1.54) is 12.1 Å². The molecule has 1 aliphatic heterocycles. The fourth-order valence-corrected chi connectivity index (χ4v) is 2.77. The molecule has 2 aromatic rings. The molecule has 0 bridgehead atoms. The summed E-state index contributed by atoms with van der Waals surface area (Å²) < 4.78 is 25.0. The molecule has 0 aromatic heterocycles. The standard InChI is InChI=1S/C19H20FNO3/c1-3-21(12-14-7-6-8-15(20)11-14)19(22)18-13(2)23-16-9-4-5-10-17(16)24-18/h4-11,13,18H,3,12H2,1-2H3/t13-,18-/m1/s1. The van der Waals surface area contributed by atoms with E-state index in [2.05, 4.69) is 0 Å². The van der Waals surface area contributed by atoms with E-state index in [4.69, 9.17) is 9.47 Å². The lowest BCUT2D eigenvalue weighted by molar-refractivity contribution is -0.144. The zero-order chi connectivity index (χ0) is 17.1. The van der Waals surface area contributed by atoms with Crippen molar-refractivity contribution in [2.24, 2.45) is 0 Å².